The Morgan fingerprint density at radius 2 is 1.79 bits per heavy atom. The lowest BCUT2D eigenvalue weighted by Gasteiger charge is -2.38. The molecule has 3 amide bonds. The largest absolute Gasteiger partial charge is 0.444 e. The first kappa shape index (κ1) is 29.8. The summed E-state index contributed by atoms with van der Waals surface area (Å²) in [6.45, 7) is 15.7. The van der Waals surface area contributed by atoms with Crippen LogP contribution in [0.5, 0.6) is 0 Å². The summed E-state index contributed by atoms with van der Waals surface area (Å²) in [6.07, 6.45) is 1.74. The summed E-state index contributed by atoms with van der Waals surface area (Å²) in [5.41, 5.74) is 2.07. The molecule has 0 spiro atoms. The van der Waals surface area contributed by atoms with E-state index in [2.05, 4.69) is 30.2 Å². The standard InChI is InChI=1S/C26H43N3O4S/c1-9-11-15-27-23(30)22(20-14-12-13-17(3)19(20)5)29(18(4)10-2)24(31)21(16-34)28-25(32)33-26(6,7)8/h12-14,18,21-22,34H,9-11,15-16H2,1-8H3,(H,27,30)(H,28,32). The lowest BCUT2D eigenvalue weighted by atomic mass is 9.93. The molecule has 192 valence electrons. The second kappa shape index (κ2) is 13.6. The average molecular weight is 494 g/mol. The zero-order valence-corrected chi connectivity index (χ0v) is 22.9. The minimum absolute atomic E-state index is 0.0714. The number of carbonyl (C=O) groups is 3. The molecule has 0 heterocycles. The number of alkyl carbamates (subject to hydrolysis) is 1. The number of rotatable bonds is 11. The van der Waals surface area contributed by atoms with E-state index in [9.17, 15) is 14.4 Å². The maximum absolute atomic E-state index is 13.8. The SMILES string of the molecule is CCCCNC(=O)C(c1cccc(C)c1C)N(C(=O)C(CS)NC(=O)OC(C)(C)C)C(C)CC. The van der Waals surface area contributed by atoms with Gasteiger partial charge in [-0.2, -0.15) is 12.6 Å². The fourth-order valence-corrected chi connectivity index (χ4v) is 3.83. The van der Waals surface area contributed by atoms with Crippen LogP contribution in [-0.2, 0) is 14.3 Å². The van der Waals surface area contributed by atoms with Crippen molar-refractivity contribution < 1.29 is 19.1 Å². The number of nitrogens with one attached hydrogen (secondary N) is 2. The monoisotopic (exact) mass is 493 g/mol. The van der Waals surface area contributed by atoms with Gasteiger partial charge in [-0.25, -0.2) is 4.79 Å². The Kier molecular flexibility index (Phi) is 11.9. The van der Waals surface area contributed by atoms with Crippen LogP contribution in [0.3, 0.4) is 0 Å². The number of thiol groups is 1. The van der Waals surface area contributed by atoms with E-state index in [4.69, 9.17) is 4.74 Å². The van der Waals surface area contributed by atoms with Gasteiger partial charge < -0.3 is 20.3 Å². The van der Waals surface area contributed by atoms with Crippen molar-refractivity contribution in [2.45, 2.75) is 98.4 Å². The van der Waals surface area contributed by atoms with Gasteiger partial charge in [-0.15, -0.1) is 0 Å². The van der Waals surface area contributed by atoms with Gasteiger partial charge >= 0.3 is 6.09 Å². The number of amides is 3. The van der Waals surface area contributed by atoms with E-state index >= 15 is 0 Å². The van der Waals surface area contributed by atoms with Gasteiger partial charge in [-0.05, 0) is 71.1 Å². The van der Waals surface area contributed by atoms with Crippen molar-refractivity contribution in [1.82, 2.24) is 15.5 Å². The molecular formula is C26H43N3O4S. The van der Waals surface area contributed by atoms with Crippen molar-refractivity contribution in [3.8, 4) is 0 Å². The van der Waals surface area contributed by atoms with Crippen molar-refractivity contribution in [3.05, 3.63) is 34.9 Å². The Balaban J connectivity index is 3.46. The molecule has 0 aromatic heterocycles. The Hall–Kier alpha value is -2.22. The van der Waals surface area contributed by atoms with Crippen molar-refractivity contribution in [1.29, 1.82) is 0 Å². The third-order valence-electron chi connectivity index (χ3n) is 5.79. The van der Waals surface area contributed by atoms with Gasteiger partial charge in [0.25, 0.3) is 0 Å². The van der Waals surface area contributed by atoms with E-state index in [1.807, 2.05) is 45.9 Å². The second-order valence-electron chi connectivity index (χ2n) is 9.72. The summed E-state index contributed by atoms with van der Waals surface area (Å²) in [7, 11) is 0. The summed E-state index contributed by atoms with van der Waals surface area (Å²) < 4.78 is 5.35. The summed E-state index contributed by atoms with van der Waals surface area (Å²) in [5.74, 6) is -0.528. The molecule has 0 radical (unpaired) electrons. The van der Waals surface area contributed by atoms with E-state index in [-0.39, 0.29) is 23.6 Å². The third-order valence-corrected chi connectivity index (χ3v) is 6.15. The van der Waals surface area contributed by atoms with Crippen LogP contribution in [0, 0.1) is 13.8 Å². The predicted molar refractivity (Wildman–Crippen MR) is 140 cm³/mol. The first-order valence-electron chi connectivity index (χ1n) is 12.1. The molecule has 0 saturated carbocycles. The first-order chi connectivity index (χ1) is 15.9. The minimum atomic E-state index is -0.941. The van der Waals surface area contributed by atoms with Crippen LogP contribution >= 0.6 is 12.6 Å². The van der Waals surface area contributed by atoms with Crippen LogP contribution in [0.25, 0.3) is 0 Å². The van der Waals surface area contributed by atoms with Crippen LogP contribution < -0.4 is 10.6 Å². The summed E-state index contributed by atoms with van der Waals surface area (Å²) in [6, 6.07) is 3.76. The highest BCUT2D eigenvalue weighted by Gasteiger charge is 2.38. The summed E-state index contributed by atoms with van der Waals surface area (Å²) in [4.78, 5) is 41.4. The molecule has 0 aliphatic carbocycles. The zero-order chi connectivity index (χ0) is 26.1. The number of unbranched alkanes of at least 4 members (excludes halogenated alkanes) is 1. The number of hydrogen-bond donors (Lipinski definition) is 3. The minimum Gasteiger partial charge on any atom is -0.444 e. The number of hydrogen-bond acceptors (Lipinski definition) is 5. The van der Waals surface area contributed by atoms with E-state index in [1.165, 1.54) is 0 Å². The highest BCUT2D eigenvalue weighted by atomic mass is 32.1. The topological polar surface area (TPSA) is 87.7 Å². The lowest BCUT2D eigenvalue weighted by Crippen LogP contribution is -2.56. The molecule has 3 unspecified atom stereocenters. The van der Waals surface area contributed by atoms with Crippen LogP contribution in [0.2, 0.25) is 0 Å². The third kappa shape index (κ3) is 8.53. The van der Waals surface area contributed by atoms with E-state index < -0.39 is 23.8 Å². The Morgan fingerprint density at radius 3 is 2.32 bits per heavy atom. The number of carbonyl (C=O) groups excluding carboxylic acids is 3. The Bertz CT molecular complexity index is 838. The van der Waals surface area contributed by atoms with Gasteiger partial charge in [0, 0.05) is 18.3 Å². The van der Waals surface area contributed by atoms with Gasteiger partial charge in [0.1, 0.15) is 17.7 Å². The molecule has 2 N–H and O–H groups in total. The molecule has 0 fully saturated rings. The predicted octanol–water partition coefficient (Wildman–Crippen LogP) is 4.71. The van der Waals surface area contributed by atoms with E-state index in [0.717, 1.165) is 29.5 Å². The molecule has 34 heavy (non-hydrogen) atoms. The number of benzene rings is 1. The Labute approximate surface area is 210 Å². The Morgan fingerprint density at radius 1 is 1.15 bits per heavy atom. The van der Waals surface area contributed by atoms with Crippen molar-refractivity contribution in [3.63, 3.8) is 0 Å². The smallest absolute Gasteiger partial charge is 0.408 e. The highest BCUT2D eigenvalue weighted by molar-refractivity contribution is 7.80. The average Bonchev–Trinajstić information content (AvgIpc) is 2.76. The molecule has 1 rings (SSSR count). The molecule has 3 atom stereocenters. The fraction of sp³-hybridized carbons (Fsp3) is 0.654. The quantitative estimate of drug-likeness (QED) is 0.308. The maximum Gasteiger partial charge on any atom is 0.408 e. The number of aryl methyl sites for hydroxylation is 1. The molecule has 8 heteroatoms. The second-order valence-corrected chi connectivity index (χ2v) is 10.1. The van der Waals surface area contributed by atoms with Crippen molar-refractivity contribution in [2.75, 3.05) is 12.3 Å². The van der Waals surface area contributed by atoms with E-state index in [1.54, 1.807) is 25.7 Å². The van der Waals surface area contributed by atoms with Crippen LogP contribution in [0.1, 0.15) is 83.5 Å². The molecule has 1 aromatic rings. The van der Waals surface area contributed by atoms with Gasteiger partial charge in [-0.1, -0.05) is 38.5 Å². The molecule has 0 saturated heterocycles. The fourth-order valence-electron chi connectivity index (χ4n) is 3.58. The van der Waals surface area contributed by atoms with Gasteiger partial charge in [0.2, 0.25) is 11.8 Å². The summed E-state index contributed by atoms with van der Waals surface area (Å²) >= 11 is 4.33. The molecule has 0 bridgehead atoms. The van der Waals surface area contributed by atoms with Gasteiger partial charge in [0.15, 0.2) is 0 Å². The lowest BCUT2D eigenvalue weighted by molar-refractivity contribution is -0.144. The van der Waals surface area contributed by atoms with E-state index in [0.29, 0.717) is 13.0 Å². The molecule has 7 nitrogen and oxygen atoms in total. The van der Waals surface area contributed by atoms with Crippen LogP contribution in [0.15, 0.2) is 18.2 Å². The van der Waals surface area contributed by atoms with Crippen molar-refractivity contribution in [2.24, 2.45) is 0 Å². The summed E-state index contributed by atoms with van der Waals surface area (Å²) in [5, 5.41) is 5.65. The molecule has 0 aliphatic heterocycles. The number of nitrogens with zero attached hydrogens (tertiary/aromatic N) is 1. The zero-order valence-electron chi connectivity index (χ0n) is 22.0. The van der Waals surface area contributed by atoms with Crippen molar-refractivity contribution >= 4 is 30.5 Å². The van der Waals surface area contributed by atoms with Crippen LogP contribution in [0.4, 0.5) is 4.79 Å². The maximum atomic E-state index is 13.8. The van der Waals surface area contributed by atoms with Gasteiger partial charge in [-0.3, -0.25) is 9.59 Å². The molecular weight excluding hydrogens is 450 g/mol. The molecule has 1 aromatic carbocycles. The highest BCUT2D eigenvalue weighted by Crippen LogP contribution is 2.30. The normalized spacial score (nSPS) is 14.0. The van der Waals surface area contributed by atoms with Crippen LogP contribution in [-0.4, -0.2) is 52.8 Å². The molecule has 0 aliphatic rings. The van der Waals surface area contributed by atoms with Gasteiger partial charge in [0.05, 0.1) is 0 Å². The first-order valence-corrected chi connectivity index (χ1v) is 12.8. The number of ether oxygens (including phenoxy) is 1.